The van der Waals surface area contributed by atoms with Gasteiger partial charge >= 0.3 is 0 Å². The maximum atomic E-state index is 12.0. The molecule has 2 rings (SSSR count). The van der Waals surface area contributed by atoms with Crippen molar-refractivity contribution >= 4 is 17.5 Å². The van der Waals surface area contributed by atoms with Crippen LogP contribution in [0.1, 0.15) is 42.5 Å². The number of halogens is 1. The van der Waals surface area contributed by atoms with Crippen LogP contribution in [0.15, 0.2) is 23.1 Å². The second-order valence-corrected chi connectivity index (χ2v) is 5.59. The van der Waals surface area contributed by atoms with E-state index in [1.165, 1.54) is 31.5 Å². The van der Waals surface area contributed by atoms with Gasteiger partial charge in [-0.25, -0.2) is 0 Å². The molecule has 5 heteroatoms. The summed E-state index contributed by atoms with van der Waals surface area (Å²) in [4.78, 5) is 25.6. The monoisotopic (exact) mass is 282 g/mol. The number of carbonyl (C=O) groups is 1. The quantitative estimate of drug-likeness (QED) is 0.833. The number of aromatic nitrogens is 1. The van der Waals surface area contributed by atoms with Crippen molar-refractivity contribution in [2.75, 3.05) is 12.4 Å². The number of amides is 1. The Bertz CT molecular complexity index is 492. The lowest BCUT2D eigenvalue weighted by atomic mass is 9.75. The molecule has 1 fully saturated rings. The predicted octanol–water partition coefficient (Wildman–Crippen LogP) is 2.29. The minimum atomic E-state index is -0.266. The highest BCUT2D eigenvalue weighted by Crippen LogP contribution is 2.36. The molecule has 0 bridgehead atoms. The van der Waals surface area contributed by atoms with Gasteiger partial charge in [-0.2, -0.15) is 0 Å². The first-order chi connectivity index (χ1) is 9.15. The normalized spacial score (nSPS) is 17.9. The van der Waals surface area contributed by atoms with Crippen molar-refractivity contribution in [1.82, 2.24) is 10.3 Å². The van der Waals surface area contributed by atoms with Gasteiger partial charge in [0.25, 0.3) is 5.91 Å². The maximum Gasteiger partial charge on any atom is 0.251 e. The number of aromatic amines is 1. The molecule has 4 nitrogen and oxygen atoms in total. The molecule has 0 saturated heterocycles. The summed E-state index contributed by atoms with van der Waals surface area (Å²) in [5.41, 5.74) is 0.151. The highest BCUT2D eigenvalue weighted by atomic mass is 35.5. The van der Waals surface area contributed by atoms with E-state index in [2.05, 4.69) is 10.3 Å². The van der Waals surface area contributed by atoms with E-state index in [0.717, 1.165) is 12.8 Å². The Hall–Kier alpha value is -1.29. The van der Waals surface area contributed by atoms with E-state index in [1.54, 1.807) is 6.07 Å². The standard InChI is InChI=1S/C14H19ClN2O2/c15-9-14(5-2-1-3-6-14)10-17-13(19)11-4-7-16-12(18)8-11/h4,7-8H,1-3,5-6,9-10H2,(H,16,18)(H,17,19). The van der Waals surface area contributed by atoms with Crippen molar-refractivity contribution in [3.63, 3.8) is 0 Å². The molecular weight excluding hydrogens is 264 g/mol. The van der Waals surface area contributed by atoms with Crippen LogP contribution in [0.2, 0.25) is 0 Å². The van der Waals surface area contributed by atoms with Crippen LogP contribution in [0.5, 0.6) is 0 Å². The number of nitrogens with one attached hydrogen (secondary N) is 2. The highest BCUT2D eigenvalue weighted by Gasteiger charge is 2.31. The van der Waals surface area contributed by atoms with Crippen LogP contribution in [0.4, 0.5) is 0 Å². The summed E-state index contributed by atoms with van der Waals surface area (Å²) in [6.45, 7) is 0.585. The number of H-pyrrole nitrogens is 1. The van der Waals surface area contributed by atoms with Crippen LogP contribution in [0.25, 0.3) is 0 Å². The zero-order valence-corrected chi connectivity index (χ0v) is 11.6. The first-order valence-corrected chi connectivity index (χ1v) is 7.22. The Morgan fingerprint density at radius 3 is 2.74 bits per heavy atom. The molecule has 1 heterocycles. The van der Waals surface area contributed by atoms with Gasteiger partial charge in [0, 0.05) is 35.7 Å². The lowest BCUT2D eigenvalue weighted by Crippen LogP contribution is -2.40. The molecule has 1 aromatic rings. The zero-order valence-electron chi connectivity index (χ0n) is 10.9. The molecule has 2 N–H and O–H groups in total. The number of hydrogen-bond acceptors (Lipinski definition) is 2. The molecule has 1 aliphatic rings. The number of hydrogen-bond donors (Lipinski definition) is 2. The van der Waals surface area contributed by atoms with Gasteiger partial charge < -0.3 is 10.3 Å². The third-order valence-corrected chi connectivity index (χ3v) is 4.43. The number of rotatable bonds is 4. The highest BCUT2D eigenvalue weighted by molar-refractivity contribution is 6.18. The van der Waals surface area contributed by atoms with Crippen molar-refractivity contribution < 1.29 is 4.79 Å². The summed E-state index contributed by atoms with van der Waals surface area (Å²) >= 11 is 6.09. The summed E-state index contributed by atoms with van der Waals surface area (Å²) in [5.74, 6) is 0.365. The van der Waals surface area contributed by atoms with Gasteiger partial charge in [-0.05, 0) is 18.9 Å². The van der Waals surface area contributed by atoms with Crippen LogP contribution < -0.4 is 10.9 Å². The number of alkyl halides is 1. The van der Waals surface area contributed by atoms with E-state index in [9.17, 15) is 9.59 Å². The van der Waals surface area contributed by atoms with E-state index < -0.39 is 0 Å². The molecule has 19 heavy (non-hydrogen) atoms. The predicted molar refractivity (Wildman–Crippen MR) is 75.6 cm³/mol. The number of pyridine rings is 1. The third kappa shape index (κ3) is 3.60. The summed E-state index contributed by atoms with van der Waals surface area (Å²) in [7, 11) is 0. The molecule has 0 unspecified atom stereocenters. The van der Waals surface area contributed by atoms with Crippen LogP contribution in [-0.4, -0.2) is 23.3 Å². The molecular formula is C14H19ClN2O2. The van der Waals surface area contributed by atoms with Crippen molar-refractivity contribution in [3.8, 4) is 0 Å². The molecule has 104 valence electrons. The van der Waals surface area contributed by atoms with E-state index in [4.69, 9.17) is 11.6 Å². The largest absolute Gasteiger partial charge is 0.351 e. The average Bonchev–Trinajstić information content (AvgIpc) is 2.46. The summed E-state index contributed by atoms with van der Waals surface area (Å²) < 4.78 is 0. The summed E-state index contributed by atoms with van der Waals surface area (Å²) in [6, 6.07) is 2.91. The van der Waals surface area contributed by atoms with Crippen LogP contribution in [0, 0.1) is 5.41 Å². The molecule has 0 aromatic carbocycles. The van der Waals surface area contributed by atoms with E-state index in [1.807, 2.05) is 0 Å². The fourth-order valence-electron chi connectivity index (χ4n) is 2.62. The SMILES string of the molecule is O=C(NCC1(CCl)CCCCC1)c1cc[nH]c(=O)c1. The average molecular weight is 283 g/mol. The Kier molecular flexibility index (Phi) is 4.64. The smallest absolute Gasteiger partial charge is 0.251 e. The lowest BCUT2D eigenvalue weighted by Gasteiger charge is -2.35. The van der Waals surface area contributed by atoms with Crippen LogP contribution in [0.3, 0.4) is 0 Å². The molecule has 0 spiro atoms. The molecule has 1 aromatic heterocycles. The van der Waals surface area contributed by atoms with E-state index >= 15 is 0 Å². The first kappa shape index (κ1) is 14.1. The number of carbonyl (C=O) groups excluding carboxylic acids is 1. The lowest BCUT2D eigenvalue weighted by molar-refractivity contribution is 0.0920. The fourth-order valence-corrected chi connectivity index (χ4v) is 2.98. The second kappa shape index (κ2) is 6.24. The second-order valence-electron chi connectivity index (χ2n) is 5.32. The van der Waals surface area contributed by atoms with Crippen LogP contribution in [-0.2, 0) is 0 Å². The van der Waals surface area contributed by atoms with Gasteiger partial charge in [0.1, 0.15) is 0 Å². The van der Waals surface area contributed by atoms with Crippen LogP contribution >= 0.6 is 11.6 Å². The molecule has 0 atom stereocenters. The first-order valence-electron chi connectivity index (χ1n) is 6.68. The Labute approximate surface area is 117 Å². The topological polar surface area (TPSA) is 62.0 Å². The Balaban J connectivity index is 1.97. The van der Waals surface area contributed by atoms with Gasteiger partial charge in [0.05, 0.1) is 0 Å². The molecule has 1 aliphatic carbocycles. The van der Waals surface area contributed by atoms with Gasteiger partial charge in [-0.3, -0.25) is 9.59 Å². The zero-order chi connectivity index (χ0) is 13.7. The Morgan fingerprint density at radius 2 is 2.11 bits per heavy atom. The minimum Gasteiger partial charge on any atom is -0.351 e. The molecule has 0 aliphatic heterocycles. The molecule has 1 amide bonds. The maximum absolute atomic E-state index is 12.0. The van der Waals surface area contributed by atoms with Crippen molar-refractivity contribution in [1.29, 1.82) is 0 Å². The van der Waals surface area contributed by atoms with E-state index in [0.29, 0.717) is 18.0 Å². The molecule has 1 saturated carbocycles. The van der Waals surface area contributed by atoms with Gasteiger partial charge in [-0.1, -0.05) is 19.3 Å². The summed E-state index contributed by atoms with van der Waals surface area (Å²) in [6.07, 6.45) is 7.20. The molecule has 0 radical (unpaired) electrons. The van der Waals surface area contributed by atoms with Crippen molar-refractivity contribution in [2.45, 2.75) is 32.1 Å². The van der Waals surface area contributed by atoms with E-state index in [-0.39, 0.29) is 16.9 Å². The van der Waals surface area contributed by atoms with Gasteiger partial charge in [-0.15, -0.1) is 11.6 Å². The van der Waals surface area contributed by atoms with Crippen molar-refractivity contribution in [3.05, 3.63) is 34.2 Å². The van der Waals surface area contributed by atoms with Crippen molar-refractivity contribution in [2.24, 2.45) is 5.41 Å². The fraction of sp³-hybridized carbons (Fsp3) is 0.571. The third-order valence-electron chi connectivity index (χ3n) is 3.86. The summed E-state index contributed by atoms with van der Waals surface area (Å²) in [5, 5.41) is 2.91. The Morgan fingerprint density at radius 1 is 1.37 bits per heavy atom. The van der Waals surface area contributed by atoms with Gasteiger partial charge in [0.15, 0.2) is 0 Å². The van der Waals surface area contributed by atoms with Gasteiger partial charge in [0.2, 0.25) is 5.56 Å². The minimum absolute atomic E-state index is 0.0245.